The van der Waals surface area contributed by atoms with Crippen LogP contribution in [0.1, 0.15) is 22.5 Å². The average molecular weight is 349 g/mol. The van der Waals surface area contributed by atoms with Crippen LogP contribution >= 0.6 is 0 Å². The molecule has 3 rings (SSSR count). The quantitative estimate of drug-likeness (QED) is 0.663. The zero-order valence-corrected chi connectivity index (χ0v) is 15.1. The second kappa shape index (κ2) is 8.45. The molecule has 2 aromatic carbocycles. The highest BCUT2D eigenvalue weighted by molar-refractivity contribution is 5.94. The molecule has 0 aliphatic carbocycles. The van der Waals surface area contributed by atoms with E-state index in [1.54, 1.807) is 11.8 Å². The van der Waals surface area contributed by atoms with Crippen molar-refractivity contribution in [2.24, 2.45) is 0 Å². The number of rotatable bonds is 7. The molecular formula is C21H23N3O2. The fourth-order valence-corrected chi connectivity index (χ4v) is 2.76. The standard InChI is InChI=1S/C21H23N3O2/c1-16-8-6-11-18(14-16)24-20(21(25)22-12-7-13-26-2)15-19(23-24)17-9-4-3-5-10-17/h3-6,8-11,14-15H,7,12-13H2,1-2H3,(H,22,25). The number of methoxy groups -OCH3 is 1. The summed E-state index contributed by atoms with van der Waals surface area (Å²) in [5.41, 5.74) is 4.26. The Morgan fingerprint density at radius 2 is 1.92 bits per heavy atom. The van der Waals surface area contributed by atoms with E-state index in [0.29, 0.717) is 18.8 Å². The van der Waals surface area contributed by atoms with Crippen molar-refractivity contribution in [1.82, 2.24) is 15.1 Å². The van der Waals surface area contributed by atoms with Crippen LogP contribution in [0.25, 0.3) is 16.9 Å². The molecule has 0 aliphatic rings. The first-order valence-electron chi connectivity index (χ1n) is 8.68. The molecule has 0 fully saturated rings. The number of ether oxygens (including phenoxy) is 1. The van der Waals surface area contributed by atoms with Crippen molar-refractivity contribution < 1.29 is 9.53 Å². The Balaban J connectivity index is 1.95. The normalized spacial score (nSPS) is 10.7. The van der Waals surface area contributed by atoms with Crippen molar-refractivity contribution in [3.05, 3.63) is 71.9 Å². The minimum atomic E-state index is -0.141. The van der Waals surface area contributed by atoms with E-state index in [9.17, 15) is 4.79 Å². The van der Waals surface area contributed by atoms with E-state index in [0.717, 1.165) is 28.9 Å². The van der Waals surface area contributed by atoms with Crippen LogP contribution in [-0.2, 0) is 4.74 Å². The Morgan fingerprint density at radius 1 is 1.12 bits per heavy atom. The van der Waals surface area contributed by atoms with Gasteiger partial charge in [-0.05, 0) is 37.1 Å². The van der Waals surface area contributed by atoms with Crippen LogP contribution in [0.3, 0.4) is 0 Å². The number of nitrogens with zero attached hydrogens (tertiary/aromatic N) is 2. The number of aryl methyl sites for hydroxylation is 1. The molecule has 0 spiro atoms. The molecule has 0 unspecified atom stereocenters. The van der Waals surface area contributed by atoms with Gasteiger partial charge in [0.25, 0.3) is 5.91 Å². The van der Waals surface area contributed by atoms with Crippen molar-refractivity contribution in [2.75, 3.05) is 20.3 Å². The third-order valence-corrected chi connectivity index (χ3v) is 4.07. The van der Waals surface area contributed by atoms with E-state index in [4.69, 9.17) is 4.74 Å². The predicted octanol–water partition coefficient (Wildman–Crippen LogP) is 3.61. The highest BCUT2D eigenvalue weighted by atomic mass is 16.5. The first-order valence-corrected chi connectivity index (χ1v) is 8.68. The predicted molar refractivity (Wildman–Crippen MR) is 103 cm³/mol. The van der Waals surface area contributed by atoms with Gasteiger partial charge in [0.05, 0.1) is 11.4 Å². The summed E-state index contributed by atoms with van der Waals surface area (Å²) in [5.74, 6) is -0.141. The first kappa shape index (κ1) is 17.9. The molecule has 0 saturated carbocycles. The van der Waals surface area contributed by atoms with Crippen molar-refractivity contribution >= 4 is 5.91 Å². The summed E-state index contributed by atoms with van der Waals surface area (Å²) in [6, 6.07) is 19.7. The van der Waals surface area contributed by atoms with Crippen molar-refractivity contribution in [2.45, 2.75) is 13.3 Å². The maximum absolute atomic E-state index is 12.7. The van der Waals surface area contributed by atoms with Crippen molar-refractivity contribution in [3.63, 3.8) is 0 Å². The average Bonchev–Trinajstić information content (AvgIpc) is 3.11. The minimum absolute atomic E-state index is 0.141. The van der Waals surface area contributed by atoms with Gasteiger partial charge < -0.3 is 10.1 Å². The van der Waals surface area contributed by atoms with Gasteiger partial charge in [-0.1, -0.05) is 42.5 Å². The largest absolute Gasteiger partial charge is 0.385 e. The number of hydrogen-bond acceptors (Lipinski definition) is 3. The van der Waals surface area contributed by atoms with Crippen LogP contribution in [0.15, 0.2) is 60.7 Å². The number of carbonyl (C=O) groups excluding carboxylic acids is 1. The summed E-state index contributed by atoms with van der Waals surface area (Å²) in [7, 11) is 1.65. The van der Waals surface area contributed by atoms with Gasteiger partial charge in [0.1, 0.15) is 5.69 Å². The van der Waals surface area contributed by atoms with Crippen LogP contribution in [0, 0.1) is 6.92 Å². The second-order valence-corrected chi connectivity index (χ2v) is 6.13. The SMILES string of the molecule is COCCCNC(=O)c1cc(-c2ccccc2)nn1-c1cccc(C)c1. The molecule has 26 heavy (non-hydrogen) atoms. The molecule has 134 valence electrons. The Bertz CT molecular complexity index is 872. The third-order valence-electron chi connectivity index (χ3n) is 4.07. The second-order valence-electron chi connectivity index (χ2n) is 6.13. The highest BCUT2D eigenvalue weighted by Gasteiger charge is 2.17. The van der Waals surface area contributed by atoms with E-state index >= 15 is 0 Å². The minimum Gasteiger partial charge on any atom is -0.385 e. The Labute approximate surface area is 153 Å². The highest BCUT2D eigenvalue weighted by Crippen LogP contribution is 2.22. The number of amides is 1. The number of aromatic nitrogens is 2. The van der Waals surface area contributed by atoms with Gasteiger partial charge in [-0.3, -0.25) is 4.79 Å². The van der Waals surface area contributed by atoms with Gasteiger partial charge in [-0.25, -0.2) is 4.68 Å². The lowest BCUT2D eigenvalue weighted by molar-refractivity contribution is 0.0941. The summed E-state index contributed by atoms with van der Waals surface area (Å²) < 4.78 is 6.74. The summed E-state index contributed by atoms with van der Waals surface area (Å²) >= 11 is 0. The van der Waals surface area contributed by atoms with Crippen LogP contribution < -0.4 is 5.32 Å². The molecule has 0 radical (unpaired) electrons. The maximum Gasteiger partial charge on any atom is 0.270 e. The van der Waals surface area contributed by atoms with Crippen molar-refractivity contribution in [1.29, 1.82) is 0 Å². The Kier molecular flexibility index (Phi) is 5.81. The van der Waals surface area contributed by atoms with Crippen LogP contribution in [0.5, 0.6) is 0 Å². The van der Waals surface area contributed by atoms with Crippen LogP contribution in [0.2, 0.25) is 0 Å². The van der Waals surface area contributed by atoms with E-state index in [1.165, 1.54) is 0 Å². The molecule has 1 aromatic heterocycles. The van der Waals surface area contributed by atoms with E-state index in [1.807, 2.05) is 67.6 Å². The monoisotopic (exact) mass is 349 g/mol. The topological polar surface area (TPSA) is 56.1 Å². The fraction of sp³-hybridized carbons (Fsp3) is 0.238. The Hall–Kier alpha value is -2.92. The molecule has 1 heterocycles. The third kappa shape index (κ3) is 4.18. The zero-order chi connectivity index (χ0) is 18.4. The number of nitrogens with one attached hydrogen (secondary N) is 1. The van der Waals surface area contributed by atoms with Gasteiger partial charge in [-0.15, -0.1) is 0 Å². The van der Waals surface area contributed by atoms with E-state index in [2.05, 4.69) is 10.4 Å². The summed E-state index contributed by atoms with van der Waals surface area (Å²) in [6.07, 6.45) is 0.770. The van der Waals surface area contributed by atoms with Gasteiger partial charge in [0.2, 0.25) is 0 Å². The summed E-state index contributed by atoms with van der Waals surface area (Å²) in [4.78, 5) is 12.7. The van der Waals surface area contributed by atoms with E-state index < -0.39 is 0 Å². The number of benzene rings is 2. The van der Waals surface area contributed by atoms with Gasteiger partial charge in [0.15, 0.2) is 0 Å². The molecule has 5 heteroatoms. The van der Waals surface area contributed by atoms with Gasteiger partial charge in [0, 0.05) is 25.8 Å². The van der Waals surface area contributed by atoms with Crippen molar-refractivity contribution in [3.8, 4) is 16.9 Å². The lowest BCUT2D eigenvalue weighted by Gasteiger charge is -2.09. The molecule has 5 nitrogen and oxygen atoms in total. The number of hydrogen-bond donors (Lipinski definition) is 1. The molecule has 0 saturated heterocycles. The fourth-order valence-electron chi connectivity index (χ4n) is 2.76. The van der Waals surface area contributed by atoms with Crippen LogP contribution in [0.4, 0.5) is 0 Å². The molecule has 0 aliphatic heterocycles. The maximum atomic E-state index is 12.7. The lowest BCUT2D eigenvalue weighted by atomic mass is 10.1. The molecule has 0 bridgehead atoms. The number of carbonyl (C=O) groups is 1. The van der Waals surface area contributed by atoms with Gasteiger partial charge >= 0.3 is 0 Å². The molecular weight excluding hydrogens is 326 g/mol. The molecule has 3 aromatic rings. The molecule has 0 atom stereocenters. The zero-order valence-electron chi connectivity index (χ0n) is 15.1. The summed E-state index contributed by atoms with van der Waals surface area (Å²) in [6.45, 7) is 3.20. The Morgan fingerprint density at radius 3 is 2.65 bits per heavy atom. The first-order chi connectivity index (χ1) is 12.7. The van der Waals surface area contributed by atoms with E-state index in [-0.39, 0.29) is 5.91 Å². The van der Waals surface area contributed by atoms with Crippen LogP contribution in [-0.4, -0.2) is 35.9 Å². The molecule has 1 N–H and O–H groups in total. The molecule has 1 amide bonds. The summed E-state index contributed by atoms with van der Waals surface area (Å²) in [5, 5.41) is 7.63. The van der Waals surface area contributed by atoms with Gasteiger partial charge in [-0.2, -0.15) is 5.10 Å². The lowest BCUT2D eigenvalue weighted by Crippen LogP contribution is -2.27. The smallest absolute Gasteiger partial charge is 0.270 e.